The van der Waals surface area contributed by atoms with Crippen LogP contribution in [0.4, 0.5) is 20.2 Å². The van der Waals surface area contributed by atoms with Crippen molar-refractivity contribution in [3.05, 3.63) is 56.7 Å². The highest BCUT2D eigenvalue weighted by Gasteiger charge is 2.04. The van der Waals surface area contributed by atoms with Crippen molar-refractivity contribution in [1.29, 1.82) is 10.5 Å². The summed E-state index contributed by atoms with van der Waals surface area (Å²) < 4.78 is 26.0. The van der Waals surface area contributed by atoms with E-state index < -0.39 is 11.6 Å². The van der Waals surface area contributed by atoms with Gasteiger partial charge in [-0.3, -0.25) is 0 Å². The van der Waals surface area contributed by atoms with Gasteiger partial charge in [0.25, 0.3) is 0 Å². The summed E-state index contributed by atoms with van der Waals surface area (Å²) in [5.41, 5.74) is 11.4. The third kappa shape index (κ3) is 4.58. The molecule has 21 heavy (non-hydrogen) atoms. The molecule has 0 bridgehead atoms. The Morgan fingerprint density at radius 2 is 1.48 bits per heavy atom. The minimum Gasteiger partial charge on any atom is -0.399 e. The predicted molar refractivity (Wildman–Crippen MR) is 83.8 cm³/mol. The van der Waals surface area contributed by atoms with Gasteiger partial charge < -0.3 is 11.5 Å². The molecule has 0 aliphatic rings. The van der Waals surface area contributed by atoms with Crippen molar-refractivity contribution in [2.45, 2.75) is 0 Å². The Labute approximate surface area is 133 Å². The molecule has 0 saturated heterocycles. The molecule has 0 aliphatic heterocycles. The van der Waals surface area contributed by atoms with Gasteiger partial charge in [-0.2, -0.15) is 10.5 Å². The number of rotatable bonds is 0. The van der Waals surface area contributed by atoms with Crippen LogP contribution in [0.1, 0.15) is 11.1 Å². The van der Waals surface area contributed by atoms with E-state index in [4.69, 9.17) is 22.0 Å². The average Bonchev–Trinajstić information content (AvgIpc) is 2.44. The van der Waals surface area contributed by atoms with E-state index in [9.17, 15) is 8.78 Å². The fourth-order valence-corrected chi connectivity index (χ4v) is 1.74. The number of hydrogen-bond donors (Lipinski definition) is 2. The number of anilines is 2. The standard InChI is InChI=1S/C7H4FIN2.C7H5FN2/c8-5-2-7(11)6(9)1-4(5)3-10;8-7-3-6(10)2-1-5(7)4-9/h1-2H,11H2;1-3H,10H2. The fourth-order valence-electron chi connectivity index (χ4n) is 1.27. The second kappa shape index (κ2) is 7.41. The number of nitrogen functional groups attached to an aromatic ring is 2. The molecule has 0 fully saturated rings. The van der Waals surface area contributed by atoms with Gasteiger partial charge in [0.1, 0.15) is 23.8 Å². The summed E-state index contributed by atoms with van der Waals surface area (Å²) in [7, 11) is 0. The van der Waals surface area contributed by atoms with E-state index in [2.05, 4.69) is 0 Å². The molecule has 4 nitrogen and oxygen atoms in total. The SMILES string of the molecule is N#Cc1cc(I)c(N)cc1F.N#Cc1ccc(N)cc1F. The van der Waals surface area contributed by atoms with E-state index in [0.717, 1.165) is 12.1 Å². The molecule has 0 aliphatic carbocycles. The van der Waals surface area contributed by atoms with Gasteiger partial charge in [-0.1, -0.05) is 0 Å². The van der Waals surface area contributed by atoms with Gasteiger partial charge in [-0.15, -0.1) is 0 Å². The Balaban J connectivity index is 0.000000211. The zero-order valence-electron chi connectivity index (χ0n) is 10.6. The lowest BCUT2D eigenvalue weighted by molar-refractivity contribution is 0.624. The minimum atomic E-state index is -0.567. The first-order chi connectivity index (χ1) is 9.88. The molecular formula is C14H9F2IN4. The van der Waals surface area contributed by atoms with Crippen LogP contribution in [0.5, 0.6) is 0 Å². The zero-order valence-corrected chi connectivity index (χ0v) is 12.7. The molecule has 7 heteroatoms. The van der Waals surface area contributed by atoms with Crippen molar-refractivity contribution in [2.75, 3.05) is 11.5 Å². The molecule has 0 heterocycles. The fraction of sp³-hybridized carbons (Fsp3) is 0. The molecule has 2 aromatic rings. The van der Waals surface area contributed by atoms with E-state index in [1.54, 1.807) is 12.1 Å². The molecule has 0 saturated carbocycles. The molecule has 0 aromatic heterocycles. The summed E-state index contributed by atoms with van der Waals surface area (Å²) in [4.78, 5) is 0. The van der Waals surface area contributed by atoms with Gasteiger partial charge in [0.15, 0.2) is 0 Å². The van der Waals surface area contributed by atoms with E-state index in [0.29, 0.717) is 14.9 Å². The van der Waals surface area contributed by atoms with Crippen LogP contribution in [0.2, 0.25) is 0 Å². The van der Waals surface area contributed by atoms with Crippen molar-refractivity contribution < 1.29 is 8.78 Å². The highest BCUT2D eigenvalue weighted by atomic mass is 127. The van der Waals surface area contributed by atoms with Gasteiger partial charge in [0, 0.05) is 14.9 Å². The lowest BCUT2D eigenvalue weighted by atomic mass is 10.2. The van der Waals surface area contributed by atoms with Crippen molar-refractivity contribution >= 4 is 34.0 Å². The quantitative estimate of drug-likeness (QED) is 0.526. The van der Waals surface area contributed by atoms with Gasteiger partial charge in [-0.05, 0) is 52.9 Å². The third-order valence-corrected chi connectivity index (χ3v) is 3.25. The highest BCUT2D eigenvalue weighted by Crippen LogP contribution is 2.18. The van der Waals surface area contributed by atoms with E-state index in [-0.39, 0.29) is 11.1 Å². The molecule has 0 atom stereocenters. The normalized spacial score (nSPS) is 9.00. The number of nitriles is 2. The second-order valence-corrected chi connectivity index (χ2v) is 4.98. The van der Waals surface area contributed by atoms with Crippen molar-refractivity contribution in [2.24, 2.45) is 0 Å². The lowest BCUT2D eigenvalue weighted by Gasteiger charge is -1.98. The molecule has 0 amide bonds. The lowest BCUT2D eigenvalue weighted by Crippen LogP contribution is -1.93. The molecule has 2 aromatic carbocycles. The Morgan fingerprint density at radius 3 is 2.00 bits per heavy atom. The van der Waals surface area contributed by atoms with Crippen LogP contribution in [0.25, 0.3) is 0 Å². The largest absolute Gasteiger partial charge is 0.399 e. The number of benzene rings is 2. The summed E-state index contributed by atoms with van der Waals surface area (Å²) in [5.74, 6) is -1.13. The molecule has 0 radical (unpaired) electrons. The first kappa shape index (κ1) is 16.7. The summed E-state index contributed by atoms with van der Waals surface area (Å²) in [6.45, 7) is 0. The topological polar surface area (TPSA) is 99.6 Å². The van der Waals surface area contributed by atoms with Crippen LogP contribution in [0, 0.1) is 37.9 Å². The van der Waals surface area contributed by atoms with Gasteiger partial charge in [0.05, 0.1) is 11.1 Å². The Kier molecular flexibility index (Phi) is 5.88. The maximum absolute atomic E-state index is 12.7. The summed E-state index contributed by atoms with van der Waals surface area (Å²) in [6, 6.07) is 9.96. The number of hydrogen-bond acceptors (Lipinski definition) is 4. The maximum Gasteiger partial charge on any atom is 0.143 e. The van der Waals surface area contributed by atoms with Crippen molar-refractivity contribution in [3.63, 3.8) is 0 Å². The van der Waals surface area contributed by atoms with E-state index >= 15 is 0 Å². The molecule has 106 valence electrons. The molecule has 0 spiro atoms. The predicted octanol–water partition coefficient (Wildman–Crippen LogP) is 3.16. The van der Waals surface area contributed by atoms with Gasteiger partial charge in [-0.25, -0.2) is 8.78 Å². The van der Waals surface area contributed by atoms with Crippen LogP contribution in [-0.4, -0.2) is 0 Å². The molecule has 4 N–H and O–H groups in total. The maximum atomic E-state index is 12.7. The second-order valence-electron chi connectivity index (χ2n) is 3.82. The summed E-state index contributed by atoms with van der Waals surface area (Å²) in [5, 5.41) is 16.7. The molecule has 0 unspecified atom stereocenters. The first-order valence-electron chi connectivity index (χ1n) is 5.48. The summed E-state index contributed by atoms with van der Waals surface area (Å²) >= 11 is 1.95. The molecule has 2 rings (SSSR count). The van der Waals surface area contributed by atoms with Crippen LogP contribution in [0.3, 0.4) is 0 Å². The van der Waals surface area contributed by atoms with Crippen LogP contribution >= 0.6 is 22.6 Å². The third-order valence-electron chi connectivity index (χ3n) is 2.32. The van der Waals surface area contributed by atoms with Crippen molar-refractivity contribution in [1.82, 2.24) is 0 Å². The average molecular weight is 398 g/mol. The van der Waals surface area contributed by atoms with Crippen LogP contribution < -0.4 is 11.5 Å². The minimum absolute atomic E-state index is 0.0224. The van der Waals surface area contributed by atoms with Gasteiger partial charge >= 0.3 is 0 Å². The number of nitrogens with two attached hydrogens (primary N) is 2. The smallest absolute Gasteiger partial charge is 0.143 e. The Bertz CT molecular complexity index is 748. The van der Waals surface area contributed by atoms with E-state index in [1.165, 1.54) is 18.2 Å². The van der Waals surface area contributed by atoms with Gasteiger partial charge in [0.2, 0.25) is 0 Å². The monoisotopic (exact) mass is 398 g/mol. The highest BCUT2D eigenvalue weighted by molar-refractivity contribution is 14.1. The summed E-state index contributed by atoms with van der Waals surface area (Å²) in [6.07, 6.45) is 0. The van der Waals surface area contributed by atoms with Crippen LogP contribution in [-0.2, 0) is 0 Å². The first-order valence-corrected chi connectivity index (χ1v) is 6.56. The Hall–Kier alpha value is -2.39. The van der Waals surface area contributed by atoms with E-state index in [1.807, 2.05) is 22.6 Å². The number of halogens is 3. The van der Waals surface area contributed by atoms with Crippen LogP contribution in [0.15, 0.2) is 30.3 Å². The Morgan fingerprint density at radius 1 is 0.905 bits per heavy atom. The zero-order chi connectivity index (χ0) is 16.0. The van der Waals surface area contributed by atoms with Crippen molar-refractivity contribution in [3.8, 4) is 12.1 Å². The molecular weight excluding hydrogens is 389 g/mol. The number of nitrogens with zero attached hydrogens (tertiary/aromatic N) is 2.